The van der Waals surface area contributed by atoms with Crippen molar-refractivity contribution in [1.29, 1.82) is 0 Å². The monoisotopic (exact) mass is 320 g/mol. The molecule has 0 aromatic carbocycles. The second kappa shape index (κ2) is 5.58. The van der Waals surface area contributed by atoms with E-state index in [0.29, 0.717) is 0 Å². The van der Waals surface area contributed by atoms with Crippen LogP contribution in [-0.2, 0) is 0 Å². The van der Waals surface area contributed by atoms with Gasteiger partial charge < -0.3 is 0 Å². The minimum absolute atomic E-state index is 0.741. The predicted octanol–water partition coefficient (Wildman–Crippen LogP) is 2.80. The van der Waals surface area contributed by atoms with E-state index in [1.165, 1.54) is 10.6 Å². The summed E-state index contributed by atoms with van der Waals surface area (Å²) in [5.74, 6) is 3.98. The van der Waals surface area contributed by atoms with Gasteiger partial charge in [0.05, 0.1) is 0 Å². The van der Waals surface area contributed by atoms with Gasteiger partial charge in [0, 0.05) is 10.6 Å². The minimum atomic E-state index is -1.44. The van der Waals surface area contributed by atoms with E-state index in [0.717, 1.165) is 5.82 Å². The van der Waals surface area contributed by atoms with Crippen LogP contribution in [0.1, 0.15) is 5.82 Å². The van der Waals surface area contributed by atoms with E-state index in [9.17, 15) is 0 Å². The van der Waals surface area contributed by atoms with Crippen LogP contribution < -0.4 is 10.6 Å². The number of aromatic nitrogens is 2. The average molecular weight is 321 g/mol. The summed E-state index contributed by atoms with van der Waals surface area (Å²) in [6, 6.07) is 2.25. The van der Waals surface area contributed by atoms with Crippen LogP contribution in [0.15, 0.2) is 6.07 Å². The van der Waals surface area contributed by atoms with Crippen LogP contribution in [0.5, 0.6) is 0 Å². The maximum absolute atomic E-state index is 4.74. The number of nitrogens with zero attached hydrogens (tertiary/aromatic N) is 2. The molecule has 0 aliphatic rings. The predicted molar refractivity (Wildman–Crippen MR) is 98.2 cm³/mol. The van der Waals surface area contributed by atoms with Crippen molar-refractivity contribution in [3.63, 3.8) is 0 Å². The molecule has 0 N–H and O–H groups in total. The molecule has 0 saturated heterocycles. The lowest BCUT2D eigenvalue weighted by molar-refractivity contribution is 1.17. The lowest BCUT2D eigenvalue weighted by Crippen LogP contribution is -2.48. The molecule has 5 heteroatoms. The van der Waals surface area contributed by atoms with Crippen molar-refractivity contribution in [3.8, 4) is 11.5 Å². The molecule has 0 aliphatic heterocycles. The maximum atomic E-state index is 4.74. The molecule has 110 valence electrons. The smallest absolute Gasteiger partial charge is 0.203 e. The van der Waals surface area contributed by atoms with E-state index >= 15 is 0 Å². The Bertz CT molecular complexity index is 517. The van der Waals surface area contributed by atoms with Crippen molar-refractivity contribution in [3.05, 3.63) is 11.9 Å². The summed E-state index contributed by atoms with van der Waals surface area (Å²) in [5, 5.41) is 2.48. The number of rotatable bonds is 2. The van der Waals surface area contributed by atoms with Gasteiger partial charge in [0.2, 0.25) is 5.82 Å². The zero-order chi connectivity index (χ0) is 15.8. The standard InChI is InChI=1S/C15H28N2Si3/c1-18(2,3)11-10-13-16-14(19(4,5)6)12-15(17-13)20(7,8)9/h12H,1-9H3. The first-order chi connectivity index (χ1) is 8.79. The van der Waals surface area contributed by atoms with Crippen LogP contribution in [0.25, 0.3) is 0 Å². The summed E-state index contributed by atoms with van der Waals surface area (Å²) in [7, 11) is -4.26. The van der Waals surface area contributed by atoms with Gasteiger partial charge in [0.25, 0.3) is 0 Å². The summed E-state index contributed by atoms with van der Waals surface area (Å²) in [5.41, 5.74) is 3.39. The molecule has 0 unspecified atom stereocenters. The van der Waals surface area contributed by atoms with E-state index in [2.05, 4.69) is 76.5 Å². The van der Waals surface area contributed by atoms with E-state index < -0.39 is 24.2 Å². The molecule has 20 heavy (non-hydrogen) atoms. The topological polar surface area (TPSA) is 25.8 Å². The highest BCUT2D eigenvalue weighted by molar-refractivity contribution is 6.90. The van der Waals surface area contributed by atoms with Crippen LogP contribution in [0.4, 0.5) is 0 Å². The summed E-state index contributed by atoms with van der Waals surface area (Å²) < 4.78 is 0. The van der Waals surface area contributed by atoms with E-state index in [4.69, 9.17) is 9.97 Å². The molecule has 1 aromatic heterocycles. The molecule has 0 saturated carbocycles. The minimum Gasteiger partial charge on any atom is -0.231 e. The largest absolute Gasteiger partial charge is 0.231 e. The van der Waals surface area contributed by atoms with Crippen LogP contribution in [-0.4, -0.2) is 34.2 Å². The first-order valence-corrected chi connectivity index (χ1v) is 17.7. The lowest BCUT2D eigenvalue weighted by Gasteiger charge is -2.21. The highest BCUT2D eigenvalue weighted by Gasteiger charge is 2.25. The lowest BCUT2D eigenvalue weighted by atomic mass is 10.6. The van der Waals surface area contributed by atoms with Crippen molar-refractivity contribution >= 4 is 34.9 Å². The average Bonchev–Trinajstić information content (AvgIpc) is 2.22. The van der Waals surface area contributed by atoms with Gasteiger partial charge >= 0.3 is 0 Å². The van der Waals surface area contributed by atoms with Crippen molar-refractivity contribution in [2.75, 3.05) is 0 Å². The first kappa shape index (κ1) is 17.3. The van der Waals surface area contributed by atoms with Gasteiger partial charge in [-0.3, -0.25) is 0 Å². The Hall–Kier alpha value is -0.709. The fraction of sp³-hybridized carbons (Fsp3) is 0.600. The highest BCUT2D eigenvalue weighted by Crippen LogP contribution is 2.04. The van der Waals surface area contributed by atoms with Gasteiger partial charge in [0.15, 0.2) is 0 Å². The number of hydrogen-bond acceptors (Lipinski definition) is 2. The molecule has 0 spiro atoms. The summed E-state index contributed by atoms with van der Waals surface area (Å²) in [6.07, 6.45) is 0. The Morgan fingerprint density at radius 3 is 1.45 bits per heavy atom. The maximum Gasteiger partial charge on any atom is 0.203 e. The fourth-order valence-corrected chi connectivity index (χ4v) is 4.17. The van der Waals surface area contributed by atoms with Crippen LogP contribution in [0.2, 0.25) is 58.9 Å². The molecular formula is C15H28N2Si3. The third kappa shape index (κ3) is 5.35. The third-order valence-electron chi connectivity index (χ3n) is 2.81. The van der Waals surface area contributed by atoms with Crippen LogP contribution in [0.3, 0.4) is 0 Å². The molecule has 1 aromatic rings. The van der Waals surface area contributed by atoms with Gasteiger partial charge in [-0.05, 0) is 12.0 Å². The molecule has 0 bridgehead atoms. The number of hydrogen-bond donors (Lipinski definition) is 0. The molecule has 2 nitrogen and oxygen atoms in total. The van der Waals surface area contributed by atoms with Gasteiger partial charge in [-0.2, -0.15) is 0 Å². The first-order valence-electron chi connectivity index (χ1n) is 7.22. The zero-order valence-corrected chi connectivity index (χ0v) is 17.5. The molecule has 0 fully saturated rings. The van der Waals surface area contributed by atoms with E-state index in [1.54, 1.807) is 0 Å². The third-order valence-corrected chi connectivity index (χ3v) is 7.27. The Morgan fingerprint density at radius 2 is 1.15 bits per heavy atom. The van der Waals surface area contributed by atoms with Crippen molar-refractivity contribution in [1.82, 2.24) is 9.97 Å². The fourth-order valence-electron chi connectivity index (χ4n) is 1.51. The highest BCUT2D eigenvalue weighted by atomic mass is 28.3. The molecule has 0 amide bonds. The summed E-state index contributed by atoms with van der Waals surface area (Å²) in [6.45, 7) is 20.7. The Kier molecular flexibility index (Phi) is 4.84. The van der Waals surface area contributed by atoms with Gasteiger partial charge in [-0.1, -0.05) is 58.9 Å². The summed E-state index contributed by atoms with van der Waals surface area (Å²) >= 11 is 0. The summed E-state index contributed by atoms with van der Waals surface area (Å²) in [4.78, 5) is 9.49. The van der Waals surface area contributed by atoms with Gasteiger partial charge in [-0.15, -0.1) is 5.54 Å². The zero-order valence-electron chi connectivity index (χ0n) is 14.5. The molecule has 1 rings (SSSR count). The quantitative estimate of drug-likeness (QED) is 0.618. The molecule has 1 heterocycles. The Labute approximate surface area is 127 Å². The SMILES string of the molecule is C[Si](C)(C)C#Cc1nc([Si](C)(C)C)cc([Si](C)(C)C)n1. The van der Waals surface area contributed by atoms with Gasteiger partial charge in [-0.25, -0.2) is 9.97 Å². The Balaban J connectivity index is 3.42. The van der Waals surface area contributed by atoms with Gasteiger partial charge in [0.1, 0.15) is 24.2 Å². The molecular weight excluding hydrogens is 292 g/mol. The molecule has 0 atom stereocenters. The van der Waals surface area contributed by atoms with Crippen molar-refractivity contribution < 1.29 is 0 Å². The second-order valence-electron chi connectivity index (χ2n) is 8.46. The molecule has 0 radical (unpaired) electrons. The van der Waals surface area contributed by atoms with Crippen molar-refractivity contribution in [2.45, 2.75) is 58.9 Å². The normalized spacial score (nSPS) is 12.8. The molecule has 0 aliphatic carbocycles. The van der Waals surface area contributed by atoms with Crippen LogP contribution in [0, 0.1) is 11.5 Å². The van der Waals surface area contributed by atoms with E-state index in [1.807, 2.05) is 0 Å². The van der Waals surface area contributed by atoms with Crippen molar-refractivity contribution in [2.24, 2.45) is 0 Å². The van der Waals surface area contributed by atoms with Crippen LogP contribution >= 0.6 is 0 Å². The van der Waals surface area contributed by atoms with E-state index in [-0.39, 0.29) is 0 Å². The second-order valence-corrected chi connectivity index (χ2v) is 23.2. The Morgan fingerprint density at radius 1 is 0.750 bits per heavy atom.